The molecule has 0 fully saturated rings. The van der Waals surface area contributed by atoms with E-state index in [-0.39, 0.29) is 11.8 Å². The van der Waals surface area contributed by atoms with Gasteiger partial charge in [0.1, 0.15) is 11.6 Å². The van der Waals surface area contributed by atoms with Crippen molar-refractivity contribution < 1.29 is 14.3 Å². The van der Waals surface area contributed by atoms with Gasteiger partial charge in [-0.1, -0.05) is 24.3 Å². The van der Waals surface area contributed by atoms with Crippen LogP contribution in [0.3, 0.4) is 0 Å². The van der Waals surface area contributed by atoms with Crippen molar-refractivity contribution in [3.05, 3.63) is 83.6 Å². The van der Waals surface area contributed by atoms with Gasteiger partial charge in [0.15, 0.2) is 0 Å². The third-order valence-electron chi connectivity index (χ3n) is 4.47. The molecule has 2 amide bonds. The molecule has 0 aliphatic carbocycles. The monoisotopic (exact) mass is 404 g/mol. The van der Waals surface area contributed by atoms with Crippen molar-refractivity contribution in [2.24, 2.45) is 0 Å². The Kier molecular flexibility index (Phi) is 6.64. The second kappa shape index (κ2) is 9.56. The molecule has 2 aromatic carbocycles. The second-order valence-electron chi connectivity index (χ2n) is 6.80. The SMILES string of the molecule is COc1ccccc1Nc1ncccc1C(=O)NCc1ccc(C(=O)N(C)C)cc1. The highest BCUT2D eigenvalue weighted by Gasteiger charge is 2.14. The predicted octanol–water partition coefficient (Wildman–Crippen LogP) is 3.47. The Morgan fingerprint density at radius 1 is 1.00 bits per heavy atom. The Balaban J connectivity index is 1.70. The molecule has 7 nitrogen and oxygen atoms in total. The van der Waals surface area contributed by atoms with Crippen molar-refractivity contribution in [3.8, 4) is 5.75 Å². The van der Waals surface area contributed by atoms with E-state index >= 15 is 0 Å². The number of hydrogen-bond acceptors (Lipinski definition) is 5. The van der Waals surface area contributed by atoms with E-state index in [1.807, 2.05) is 36.4 Å². The van der Waals surface area contributed by atoms with Gasteiger partial charge in [0, 0.05) is 32.4 Å². The lowest BCUT2D eigenvalue weighted by Crippen LogP contribution is -2.24. The van der Waals surface area contributed by atoms with E-state index in [1.165, 1.54) is 4.90 Å². The molecule has 0 saturated carbocycles. The van der Waals surface area contributed by atoms with Crippen molar-refractivity contribution in [1.82, 2.24) is 15.2 Å². The molecule has 1 heterocycles. The van der Waals surface area contributed by atoms with Gasteiger partial charge in [0.25, 0.3) is 11.8 Å². The largest absolute Gasteiger partial charge is 0.495 e. The van der Waals surface area contributed by atoms with Crippen molar-refractivity contribution in [1.29, 1.82) is 0 Å². The summed E-state index contributed by atoms with van der Waals surface area (Å²) in [5.74, 6) is 0.773. The van der Waals surface area contributed by atoms with Gasteiger partial charge >= 0.3 is 0 Å². The average molecular weight is 404 g/mol. The normalized spacial score (nSPS) is 10.2. The predicted molar refractivity (Wildman–Crippen MR) is 116 cm³/mol. The number of rotatable bonds is 7. The van der Waals surface area contributed by atoms with Crippen LogP contribution >= 0.6 is 0 Å². The van der Waals surface area contributed by atoms with E-state index < -0.39 is 0 Å². The molecule has 0 saturated heterocycles. The van der Waals surface area contributed by atoms with Crippen LogP contribution < -0.4 is 15.4 Å². The number of para-hydroxylation sites is 2. The number of ether oxygens (including phenoxy) is 1. The number of hydrogen-bond donors (Lipinski definition) is 2. The van der Waals surface area contributed by atoms with Crippen LogP contribution in [0.15, 0.2) is 66.9 Å². The quantitative estimate of drug-likeness (QED) is 0.630. The molecule has 7 heteroatoms. The third kappa shape index (κ3) is 4.94. The Labute approximate surface area is 175 Å². The summed E-state index contributed by atoms with van der Waals surface area (Å²) in [7, 11) is 5.01. The summed E-state index contributed by atoms with van der Waals surface area (Å²) in [6.07, 6.45) is 1.62. The molecule has 3 aromatic rings. The number of pyridine rings is 1. The lowest BCUT2D eigenvalue weighted by Gasteiger charge is -2.14. The fraction of sp³-hybridized carbons (Fsp3) is 0.174. The Bertz CT molecular complexity index is 1030. The summed E-state index contributed by atoms with van der Waals surface area (Å²) < 4.78 is 5.35. The van der Waals surface area contributed by atoms with Gasteiger partial charge in [-0.05, 0) is 42.0 Å². The zero-order valence-corrected chi connectivity index (χ0v) is 17.2. The zero-order chi connectivity index (χ0) is 21.5. The Morgan fingerprint density at radius 2 is 1.73 bits per heavy atom. The molecule has 0 radical (unpaired) electrons. The molecule has 1 aromatic heterocycles. The number of methoxy groups -OCH3 is 1. The van der Waals surface area contributed by atoms with Gasteiger partial charge in [0.2, 0.25) is 0 Å². The fourth-order valence-corrected chi connectivity index (χ4v) is 2.86. The summed E-state index contributed by atoms with van der Waals surface area (Å²) in [5, 5.41) is 6.06. The molecule has 3 rings (SSSR count). The Morgan fingerprint density at radius 3 is 2.43 bits per heavy atom. The lowest BCUT2D eigenvalue weighted by atomic mass is 10.1. The van der Waals surface area contributed by atoms with Gasteiger partial charge < -0.3 is 20.3 Å². The van der Waals surface area contributed by atoms with Gasteiger partial charge in [-0.25, -0.2) is 4.98 Å². The minimum absolute atomic E-state index is 0.0620. The maximum Gasteiger partial charge on any atom is 0.255 e. The molecule has 0 unspecified atom stereocenters. The molecule has 0 spiro atoms. The maximum atomic E-state index is 12.8. The van der Waals surface area contributed by atoms with Crippen LogP contribution in [0.25, 0.3) is 0 Å². The van der Waals surface area contributed by atoms with Crippen molar-refractivity contribution in [2.45, 2.75) is 6.54 Å². The van der Waals surface area contributed by atoms with Gasteiger partial charge in [-0.15, -0.1) is 0 Å². The number of benzene rings is 2. The summed E-state index contributed by atoms with van der Waals surface area (Å²) in [4.78, 5) is 30.6. The van der Waals surface area contributed by atoms with E-state index in [1.54, 1.807) is 51.7 Å². The van der Waals surface area contributed by atoms with Crippen LogP contribution in [0.5, 0.6) is 5.75 Å². The van der Waals surface area contributed by atoms with Crippen LogP contribution in [-0.4, -0.2) is 42.9 Å². The van der Waals surface area contributed by atoms with Gasteiger partial charge in [-0.2, -0.15) is 0 Å². The third-order valence-corrected chi connectivity index (χ3v) is 4.47. The minimum atomic E-state index is -0.256. The van der Waals surface area contributed by atoms with Crippen LogP contribution in [0.1, 0.15) is 26.3 Å². The van der Waals surface area contributed by atoms with Crippen molar-refractivity contribution >= 4 is 23.3 Å². The summed E-state index contributed by atoms with van der Waals surface area (Å²) in [6, 6.07) is 18.0. The van der Waals surface area contributed by atoms with Crippen LogP contribution in [0.2, 0.25) is 0 Å². The molecule has 0 aliphatic heterocycles. The molecule has 0 atom stereocenters. The van der Waals surface area contributed by atoms with E-state index in [2.05, 4.69) is 15.6 Å². The van der Waals surface area contributed by atoms with Crippen molar-refractivity contribution in [2.75, 3.05) is 26.5 Å². The smallest absolute Gasteiger partial charge is 0.255 e. The lowest BCUT2D eigenvalue weighted by molar-refractivity contribution is 0.0827. The standard InChI is InChI=1S/C23H24N4O3/c1-27(2)23(29)17-12-10-16(11-13-17)15-25-22(28)18-7-6-14-24-21(18)26-19-8-4-5-9-20(19)30-3/h4-14H,15H2,1-3H3,(H,24,26)(H,25,28). The number of anilines is 2. The summed E-state index contributed by atoms with van der Waals surface area (Å²) >= 11 is 0. The molecule has 0 bridgehead atoms. The van der Waals surface area contributed by atoms with Crippen LogP contribution in [0, 0.1) is 0 Å². The highest BCUT2D eigenvalue weighted by molar-refractivity contribution is 5.99. The molecular formula is C23H24N4O3. The topological polar surface area (TPSA) is 83.6 Å². The number of aromatic nitrogens is 1. The van der Waals surface area contributed by atoms with Crippen molar-refractivity contribution in [3.63, 3.8) is 0 Å². The number of amides is 2. The number of nitrogens with one attached hydrogen (secondary N) is 2. The number of carbonyl (C=O) groups is 2. The highest BCUT2D eigenvalue weighted by Crippen LogP contribution is 2.27. The second-order valence-corrected chi connectivity index (χ2v) is 6.80. The molecule has 0 aliphatic rings. The first kappa shape index (κ1) is 20.9. The van der Waals surface area contributed by atoms with Crippen LogP contribution in [0.4, 0.5) is 11.5 Å². The maximum absolute atomic E-state index is 12.8. The van der Waals surface area contributed by atoms with E-state index in [4.69, 9.17) is 4.74 Å². The van der Waals surface area contributed by atoms with Crippen LogP contribution in [-0.2, 0) is 6.54 Å². The number of carbonyl (C=O) groups excluding carboxylic acids is 2. The van der Waals surface area contributed by atoms with E-state index in [0.29, 0.717) is 34.9 Å². The first-order valence-electron chi connectivity index (χ1n) is 9.43. The Hall–Kier alpha value is -3.87. The van der Waals surface area contributed by atoms with E-state index in [0.717, 1.165) is 5.56 Å². The molecule has 30 heavy (non-hydrogen) atoms. The summed E-state index contributed by atoms with van der Waals surface area (Å²) in [6.45, 7) is 0.332. The number of nitrogens with zero attached hydrogens (tertiary/aromatic N) is 2. The highest BCUT2D eigenvalue weighted by atomic mass is 16.5. The molecule has 154 valence electrons. The first-order valence-corrected chi connectivity index (χ1v) is 9.43. The van der Waals surface area contributed by atoms with Gasteiger partial charge in [0.05, 0.1) is 18.4 Å². The molecule has 2 N–H and O–H groups in total. The van der Waals surface area contributed by atoms with Gasteiger partial charge in [-0.3, -0.25) is 9.59 Å². The first-order chi connectivity index (χ1) is 14.5. The summed E-state index contributed by atoms with van der Waals surface area (Å²) in [5.41, 5.74) is 2.63. The molecular weight excluding hydrogens is 380 g/mol. The zero-order valence-electron chi connectivity index (χ0n) is 17.2. The minimum Gasteiger partial charge on any atom is -0.495 e. The average Bonchev–Trinajstić information content (AvgIpc) is 2.78. The fourth-order valence-electron chi connectivity index (χ4n) is 2.86. The van der Waals surface area contributed by atoms with E-state index in [9.17, 15) is 9.59 Å².